The minimum Gasteiger partial charge on any atom is -0.381 e. The fourth-order valence-electron chi connectivity index (χ4n) is 3.02. The summed E-state index contributed by atoms with van der Waals surface area (Å²) in [6, 6.07) is 1.61. The molecular formula is C16H24N4O2S. The van der Waals surface area contributed by atoms with Gasteiger partial charge in [-0.1, -0.05) is 24.7 Å². The van der Waals surface area contributed by atoms with Crippen LogP contribution in [0.4, 0.5) is 5.13 Å². The van der Waals surface area contributed by atoms with E-state index in [0.717, 1.165) is 56.4 Å². The van der Waals surface area contributed by atoms with Crippen LogP contribution in [-0.2, 0) is 11.2 Å². The van der Waals surface area contributed by atoms with Gasteiger partial charge >= 0.3 is 0 Å². The van der Waals surface area contributed by atoms with Crippen molar-refractivity contribution in [1.82, 2.24) is 14.6 Å². The van der Waals surface area contributed by atoms with E-state index < -0.39 is 0 Å². The van der Waals surface area contributed by atoms with Gasteiger partial charge in [0.25, 0.3) is 5.56 Å². The summed E-state index contributed by atoms with van der Waals surface area (Å²) >= 11 is 1.51. The van der Waals surface area contributed by atoms with Gasteiger partial charge in [0.05, 0.1) is 6.61 Å². The summed E-state index contributed by atoms with van der Waals surface area (Å²) in [6.07, 6.45) is 4.15. The molecule has 7 heteroatoms. The minimum atomic E-state index is -0.0798. The molecule has 3 heterocycles. The van der Waals surface area contributed by atoms with E-state index in [0.29, 0.717) is 10.9 Å². The Morgan fingerprint density at radius 3 is 3.09 bits per heavy atom. The predicted molar refractivity (Wildman–Crippen MR) is 92.6 cm³/mol. The Balaban J connectivity index is 1.82. The van der Waals surface area contributed by atoms with Crippen LogP contribution in [0.2, 0.25) is 0 Å². The van der Waals surface area contributed by atoms with Crippen LogP contribution in [-0.4, -0.2) is 40.9 Å². The molecule has 1 atom stereocenters. The quantitative estimate of drug-likeness (QED) is 0.810. The number of aromatic nitrogens is 3. The maximum Gasteiger partial charge on any atom is 0.275 e. The number of piperidine rings is 1. The monoisotopic (exact) mass is 336 g/mol. The summed E-state index contributed by atoms with van der Waals surface area (Å²) in [7, 11) is 0. The molecule has 126 valence electrons. The summed E-state index contributed by atoms with van der Waals surface area (Å²) in [5.74, 6) is 0.538. The normalized spacial score (nSPS) is 18.7. The van der Waals surface area contributed by atoms with Gasteiger partial charge in [0.1, 0.15) is 0 Å². The standard InChI is InChI=1S/C16H24N4O2S/c1-3-6-13-9-14(21)20-15(17-13)23-16(18-20)19-8-5-7-12(10-19)11-22-4-2/h9,12H,3-8,10-11H2,1-2H3. The average Bonchev–Trinajstić information content (AvgIpc) is 2.98. The van der Waals surface area contributed by atoms with E-state index in [2.05, 4.69) is 21.9 Å². The van der Waals surface area contributed by atoms with E-state index in [9.17, 15) is 4.79 Å². The molecule has 0 amide bonds. The molecule has 1 fully saturated rings. The van der Waals surface area contributed by atoms with Crippen LogP contribution in [0.1, 0.15) is 38.8 Å². The molecule has 0 aromatic carbocycles. The van der Waals surface area contributed by atoms with Gasteiger partial charge in [-0.15, -0.1) is 5.10 Å². The number of hydrogen-bond donors (Lipinski definition) is 0. The molecule has 1 saturated heterocycles. The maximum atomic E-state index is 12.2. The van der Waals surface area contributed by atoms with Gasteiger partial charge in [0, 0.05) is 31.5 Å². The van der Waals surface area contributed by atoms with E-state index in [1.165, 1.54) is 22.3 Å². The van der Waals surface area contributed by atoms with Crippen LogP contribution in [0.3, 0.4) is 0 Å². The van der Waals surface area contributed by atoms with E-state index in [-0.39, 0.29) is 5.56 Å². The van der Waals surface area contributed by atoms with Crippen molar-refractivity contribution in [3.8, 4) is 0 Å². The van der Waals surface area contributed by atoms with Gasteiger partial charge in [-0.3, -0.25) is 4.79 Å². The van der Waals surface area contributed by atoms with Crippen LogP contribution >= 0.6 is 11.3 Å². The smallest absolute Gasteiger partial charge is 0.275 e. The van der Waals surface area contributed by atoms with Gasteiger partial charge in [0.15, 0.2) is 0 Å². The van der Waals surface area contributed by atoms with Crippen molar-refractivity contribution in [1.29, 1.82) is 0 Å². The number of ether oxygens (including phenoxy) is 1. The molecule has 1 aliphatic heterocycles. The summed E-state index contributed by atoms with van der Waals surface area (Å²) in [4.78, 5) is 19.7. The van der Waals surface area contributed by atoms with Crippen LogP contribution in [0.15, 0.2) is 10.9 Å². The van der Waals surface area contributed by atoms with Crippen molar-refractivity contribution in [2.24, 2.45) is 5.92 Å². The zero-order valence-corrected chi connectivity index (χ0v) is 14.6. The lowest BCUT2D eigenvalue weighted by Gasteiger charge is -2.31. The number of aryl methyl sites for hydroxylation is 1. The lowest BCUT2D eigenvalue weighted by Crippen LogP contribution is -2.37. The third kappa shape index (κ3) is 3.72. The third-order valence-electron chi connectivity index (χ3n) is 4.14. The molecule has 6 nitrogen and oxygen atoms in total. The molecule has 0 spiro atoms. The highest BCUT2D eigenvalue weighted by Gasteiger charge is 2.23. The Morgan fingerprint density at radius 2 is 2.30 bits per heavy atom. The average molecular weight is 336 g/mol. The van der Waals surface area contributed by atoms with Gasteiger partial charge in [-0.2, -0.15) is 4.52 Å². The van der Waals surface area contributed by atoms with Gasteiger partial charge in [-0.25, -0.2) is 4.98 Å². The number of anilines is 1. The van der Waals surface area contributed by atoms with Crippen molar-refractivity contribution in [2.75, 3.05) is 31.2 Å². The lowest BCUT2D eigenvalue weighted by atomic mass is 9.99. The predicted octanol–water partition coefficient (Wildman–Crippen LogP) is 2.36. The first-order valence-corrected chi connectivity index (χ1v) is 9.25. The Morgan fingerprint density at radius 1 is 1.43 bits per heavy atom. The fourth-order valence-corrected chi connectivity index (χ4v) is 3.98. The first-order valence-electron chi connectivity index (χ1n) is 8.43. The van der Waals surface area contributed by atoms with Crippen LogP contribution < -0.4 is 10.5 Å². The van der Waals surface area contributed by atoms with Gasteiger partial charge in [0.2, 0.25) is 10.1 Å². The first kappa shape index (κ1) is 16.4. The van der Waals surface area contributed by atoms with Crippen LogP contribution in [0.25, 0.3) is 4.96 Å². The Labute approximate surface area is 140 Å². The largest absolute Gasteiger partial charge is 0.381 e. The molecule has 2 aromatic heterocycles. The van der Waals surface area contributed by atoms with Crippen LogP contribution in [0.5, 0.6) is 0 Å². The molecule has 2 aromatic rings. The molecule has 1 unspecified atom stereocenters. The first-order chi connectivity index (χ1) is 11.2. The van der Waals surface area contributed by atoms with E-state index in [1.807, 2.05) is 6.92 Å². The number of rotatable bonds is 6. The summed E-state index contributed by atoms with van der Waals surface area (Å²) < 4.78 is 7.00. The second-order valence-corrected chi connectivity index (χ2v) is 6.96. The zero-order valence-electron chi connectivity index (χ0n) is 13.8. The summed E-state index contributed by atoms with van der Waals surface area (Å²) in [5.41, 5.74) is 0.782. The number of hydrogen-bond acceptors (Lipinski definition) is 6. The molecule has 23 heavy (non-hydrogen) atoms. The highest BCUT2D eigenvalue weighted by Crippen LogP contribution is 2.27. The maximum absolute atomic E-state index is 12.2. The molecular weight excluding hydrogens is 312 g/mol. The SMILES string of the molecule is CCCc1cc(=O)n2nc(N3CCCC(COCC)C3)sc2n1. The summed E-state index contributed by atoms with van der Waals surface area (Å²) in [6.45, 7) is 7.61. The summed E-state index contributed by atoms with van der Waals surface area (Å²) in [5, 5.41) is 5.39. The Kier molecular flexibility index (Phi) is 5.27. The molecule has 3 rings (SSSR count). The van der Waals surface area contributed by atoms with E-state index in [1.54, 1.807) is 6.07 Å². The lowest BCUT2D eigenvalue weighted by molar-refractivity contribution is 0.104. The minimum absolute atomic E-state index is 0.0798. The Hall–Kier alpha value is -1.47. The second kappa shape index (κ2) is 7.40. The molecule has 0 aliphatic carbocycles. The van der Waals surface area contributed by atoms with Gasteiger partial charge in [-0.05, 0) is 32.1 Å². The number of nitrogens with zero attached hydrogens (tertiary/aromatic N) is 4. The fraction of sp³-hybridized carbons (Fsp3) is 0.688. The van der Waals surface area contributed by atoms with Crippen LogP contribution in [0, 0.1) is 5.92 Å². The van der Waals surface area contributed by atoms with Crippen molar-refractivity contribution >= 4 is 21.4 Å². The number of fused-ring (bicyclic) bond motifs is 1. The third-order valence-corrected chi connectivity index (χ3v) is 5.11. The van der Waals surface area contributed by atoms with Crippen molar-refractivity contribution < 1.29 is 4.74 Å². The highest BCUT2D eigenvalue weighted by molar-refractivity contribution is 7.20. The van der Waals surface area contributed by atoms with E-state index in [4.69, 9.17) is 4.74 Å². The molecule has 0 N–H and O–H groups in total. The molecule has 0 bridgehead atoms. The molecule has 0 radical (unpaired) electrons. The Bertz CT molecular complexity index is 712. The van der Waals surface area contributed by atoms with Crippen molar-refractivity contribution in [3.63, 3.8) is 0 Å². The van der Waals surface area contributed by atoms with Crippen molar-refractivity contribution in [2.45, 2.75) is 39.5 Å². The zero-order chi connectivity index (χ0) is 16.2. The molecule has 0 saturated carbocycles. The highest BCUT2D eigenvalue weighted by atomic mass is 32.1. The van der Waals surface area contributed by atoms with Crippen molar-refractivity contribution in [3.05, 3.63) is 22.1 Å². The second-order valence-electron chi connectivity index (χ2n) is 6.03. The topological polar surface area (TPSA) is 59.7 Å². The van der Waals surface area contributed by atoms with E-state index >= 15 is 0 Å². The van der Waals surface area contributed by atoms with Gasteiger partial charge < -0.3 is 9.64 Å². The molecule has 1 aliphatic rings.